The molecular formula is C16H11NO3S. The molecule has 2 aromatic carbocycles. The van der Waals surface area contributed by atoms with Crippen LogP contribution in [-0.4, -0.2) is 15.8 Å². The van der Waals surface area contributed by atoms with Crippen molar-refractivity contribution in [2.24, 2.45) is 0 Å². The van der Waals surface area contributed by atoms with Crippen LogP contribution in [0.15, 0.2) is 65.6 Å². The highest BCUT2D eigenvalue weighted by Crippen LogP contribution is 2.23. The van der Waals surface area contributed by atoms with E-state index in [0.717, 1.165) is 6.08 Å². The van der Waals surface area contributed by atoms with Crippen molar-refractivity contribution in [3.8, 4) is 0 Å². The Bertz CT molecular complexity index is 781. The molecule has 1 aliphatic carbocycles. The molecule has 0 bridgehead atoms. The molecule has 0 saturated carbocycles. The van der Waals surface area contributed by atoms with Gasteiger partial charge in [-0.15, -0.1) is 0 Å². The predicted molar refractivity (Wildman–Crippen MR) is 81.4 cm³/mol. The summed E-state index contributed by atoms with van der Waals surface area (Å²) < 4.78 is 15.0. The lowest BCUT2D eigenvalue weighted by Gasteiger charge is -2.15. The maximum Gasteiger partial charge on any atom is 0.204 e. The number of Topliss-reactive ketones (excluding diaryl/α,β-unsaturated/α-hetero) is 1. The smallest absolute Gasteiger partial charge is 0.204 e. The molecule has 1 unspecified atom stereocenters. The quantitative estimate of drug-likeness (QED) is 0.947. The van der Waals surface area contributed by atoms with Gasteiger partial charge in [0.1, 0.15) is 4.91 Å². The topological polar surface area (TPSA) is 63.2 Å². The molecule has 3 rings (SSSR count). The zero-order chi connectivity index (χ0) is 14.8. The van der Waals surface area contributed by atoms with Gasteiger partial charge >= 0.3 is 0 Å². The Kier molecular flexibility index (Phi) is 3.50. The second-order valence-corrected chi connectivity index (χ2v) is 5.67. The molecule has 4 nitrogen and oxygen atoms in total. The van der Waals surface area contributed by atoms with Crippen LogP contribution in [-0.2, 0) is 11.0 Å². The SMILES string of the molecule is O=C1C=C(S(=O)Nc2ccccc2)C(=O)c2ccccc21. The monoisotopic (exact) mass is 297 g/mol. The highest BCUT2D eigenvalue weighted by molar-refractivity contribution is 7.91. The number of ketones is 2. The van der Waals surface area contributed by atoms with Gasteiger partial charge in [-0.2, -0.15) is 0 Å². The second-order valence-electron chi connectivity index (χ2n) is 4.48. The fourth-order valence-electron chi connectivity index (χ4n) is 2.10. The molecule has 0 saturated heterocycles. The number of rotatable bonds is 3. The molecule has 5 heteroatoms. The standard InChI is InChI=1S/C16H11NO3S/c18-14-10-15(16(19)13-9-5-4-8-12(13)14)21(20)17-11-6-2-1-3-7-11/h1-10,17H. The van der Waals surface area contributed by atoms with E-state index in [0.29, 0.717) is 16.8 Å². The first kappa shape index (κ1) is 13.5. The molecule has 1 atom stereocenters. The normalized spacial score (nSPS) is 15.1. The molecule has 0 radical (unpaired) electrons. The average Bonchev–Trinajstić information content (AvgIpc) is 2.52. The van der Waals surface area contributed by atoms with Crippen molar-refractivity contribution in [1.82, 2.24) is 0 Å². The first-order chi connectivity index (χ1) is 10.2. The Morgan fingerprint density at radius 3 is 2.14 bits per heavy atom. The Hall–Kier alpha value is -2.53. The molecule has 1 aliphatic rings. The van der Waals surface area contributed by atoms with Crippen molar-refractivity contribution < 1.29 is 13.8 Å². The summed E-state index contributed by atoms with van der Waals surface area (Å²) in [5.74, 6) is -0.685. The number of anilines is 1. The third kappa shape index (κ3) is 2.55. The number of hydrogen-bond acceptors (Lipinski definition) is 3. The first-order valence-electron chi connectivity index (χ1n) is 6.30. The number of fused-ring (bicyclic) bond motifs is 1. The van der Waals surface area contributed by atoms with Crippen molar-refractivity contribution in [2.45, 2.75) is 0 Å². The Labute approximate surface area is 124 Å². The Morgan fingerprint density at radius 2 is 1.43 bits per heavy atom. The molecule has 2 aromatic rings. The lowest BCUT2D eigenvalue weighted by molar-refractivity contribution is 0.0991. The minimum Gasteiger partial charge on any atom is -0.301 e. The zero-order valence-corrected chi connectivity index (χ0v) is 11.7. The van der Waals surface area contributed by atoms with Crippen molar-refractivity contribution in [3.05, 3.63) is 76.7 Å². The minimum atomic E-state index is -1.77. The largest absolute Gasteiger partial charge is 0.301 e. The highest BCUT2D eigenvalue weighted by atomic mass is 32.2. The van der Waals surface area contributed by atoms with Gasteiger partial charge in [-0.05, 0) is 12.1 Å². The molecule has 0 aromatic heterocycles. The van der Waals surface area contributed by atoms with Crippen molar-refractivity contribution in [1.29, 1.82) is 0 Å². The van der Waals surface area contributed by atoms with E-state index in [1.54, 1.807) is 48.5 Å². The molecule has 0 aliphatic heterocycles. The molecule has 21 heavy (non-hydrogen) atoms. The van der Waals surface area contributed by atoms with E-state index in [-0.39, 0.29) is 16.5 Å². The summed E-state index contributed by atoms with van der Waals surface area (Å²) in [5.41, 5.74) is 1.27. The molecule has 104 valence electrons. The van der Waals surface area contributed by atoms with Gasteiger partial charge in [0.25, 0.3) is 0 Å². The van der Waals surface area contributed by atoms with E-state index >= 15 is 0 Å². The van der Waals surface area contributed by atoms with Crippen molar-refractivity contribution in [2.75, 3.05) is 4.72 Å². The lowest BCUT2D eigenvalue weighted by Crippen LogP contribution is -2.22. The molecular weight excluding hydrogens is 286 g/mol. The van der Waals surface area contributed by atoms with Gasteiger partial charge < -0.3 is 4.72 Å². The molecule has 1 N–H and O–H groups in total. The fourth-order valence-corrected chi connectivity index (χ4v) is 3.05. The Balaban J connectivity index is 1.92. The summed E-state index contributed by atoms with van der Waals surface area (Å²) in [6.07, 6.45) is 1.15. The fraction of sp³-hybridized carbons (Fsp3) is 0. The van der Waals surface area contributed by atoms with Crippen LogP contribution >= 0.6 is 0 Å². The third-order valence-corrected chi connectivity index (χ3v) is 4.23. The Morgan fingerprint density at radius 1 is 0.810 bits per heavy atom. The first-order valence-corrected chi connectivity index (χ1v) is 7.45. The van der Waals surface area contributed by atoms with E-state index in [2.05, 4.69) is 4.72 Å². The summed E-state index contributed by atoms with van der Waals surface area (Å²) in [7, 11) is -1.77. The van der Waals surface area contributed by atoms with Crippen LogP contribution in [0.3, 0.4) is 0 Å². The van der Waals surface area contributed by atoms with Gasteiger partial charge in [0.15, 0.2) is 16.8 Å². The molecule has 0 fully saturated rings. The average molecular weight is 297 g/mol. The van der Waals surface area contributed by atoms with Crippen LogP contribution in [0, 0.1) is 0 Å². The highest BCUT2D eigenvalue weighted by Gasteiger charge is 2.28. The van der Waals surface area contributed by atoms with E-state index in [4.69, 9.17) is 0 Å². The number of carbonyl (C=O) groups is 2. The second kappa shape index (κ2) is 5.46. The van der Waals surface area contributed by atoms with E-state index in [1.165, 1.54) is 0 Å². The van der Waals surface area contributed by atoms with Crippen LogP contribution in [0.2, 0.25) is 0 Å². The van der Waals surface area contributed by atoms with Crippen LogP contribution in [0.4, 0.5) is 5.69 Å². The van der Waals surface area contributed by atoms with Crippen LogP contribution in [0.25, 0.3) is 0 Å². The van der Waals surface area contributed by atoms with Gasteiger partial charge in [-0.3, -0.25) is 9.59 Å². The van der Waals surface area contributed by atoms with Gasteiger partial charge in [0.05, 0.1) is 0 Å². The van der Waals surface area contributed by atoms with E-state index < -0.39 is 11.0 Å². The number of allylic oxidation sites excluding steroid dienone is 2. The van der Waals surface area contributed by atoms with Gasteiger partial charge in [-0.1, -0.05) is 42.5 Å². The summed E-state index contributed by atoms with van der Waals surface area (Å²) in [6.45, 7) is 0. The van der Waals surface area contributed by atoms with Crippen LogP contribution in [0.1, 0.15) is 20.7 Å². The van der Waals surface area contributed by atoms with Crippen LogP contribution < -0.4 is 4.72 Å². The number of hydrogen-bond donors (Lipinski definition) is 1. The summed E-state index contributed by atoms with van der Waals surface area (Å²) in [6, 6.07) is 15.4. The molecule has 0 heterocycles. The number of para-hydroxylation sites is 1. The number of carbonyl (C=O) groups excluding carboxylic acids is 2. The van der Waals surface area contributed by atoms with Gasteiger partial charge in [-0.25, -0.2) is 4.21 Å². The summed E-state index contributed by atoms with van der Waals surface area (Å²) in [5, 5.41) is 0. The number of benzene rings is 2. The lowest BCUT2D eigenvalue weighted by atomic mass is 9.95. The molecule has 0 amide bonds. The maximum absolute atomic E-state index is 12.3. The summed E-state index contributed by atoms with van der Waals surface area (Å²) >= 11 is 0. The van der Waals surface area contributed by atoms with Gasteiger partial charge in [0.2, 0.25) is 5.78 Å². The molecule has 0 spiro atoms. The van der Waals surface area contributed by atoms with Crippen molar-refractivity contribution >= 4 is 28.2 Å². The third-order valence-electron chi connectivity index (χ3n) is 3.11. The van der Waals surface area contributed by atoms with Crippen molar-refractivity contribution in [3.63, 3.8) is 0 Å². The van der Waals surface area contributed by atoms with E-state index in [1.807, 2.05) is 6.07 Å². The summed E-state index contributed by atoms with van der Waals surface area (Å²) in [4.78, 5) is 24.3. The van der Waals surface area contributed by atoms with Gasteiger partial charge in [0, 0.05) is 22.9 Å². The van der Waals surface area contributed by atoms with Crippen LogP contribution in [0.5, 0.6) is 0 Å². The predicted octanol–water partition coefficient (Wildman–Crippen LogP) is 2.73. The number of nitrogens with one attached hydrogen (secondary N) is 1. The zero-order valence-electron chi connectivity index (χ0n) is 10.9. The minimum absolute atomic E-state index is 0.0254. The van der Waals surface area contributed by atoms with E-state index in [9.17, 15) is 13.8 Å². The maximum atomic E-state index is 12.3.